The average Bonchev–Trinajstić information content (AvgIpc) is 3.01. The molecule has 8 heteroatoms. The molecule has 0 spiro atoms. The van der Waals surface area contributed by atoms with Gasteiger partial charge in [0.05, 0.1) is 29.9 Å². The van der Waals surface area contributed by atoms with Gasteiger partial charge in [-0.1, -0.05) is 0 Å². The van der Waals surface area contributed by atoms with Crippen molar-refractivity contribution in [2.75, 3.05) is 13.7 Å². The molecule has 0 bridgehead atoms. The van der Waals surface area contributed by atoms with Crippen molar-refractivity contribution in [3.63, 3.8) is 0 Å². The number of fused-ring (bicyclic) bond motifs is 1. The lowest BCUT2D eigenvalue weighted by atomic mass is 10.2. The summed E-state index contributed by atoms with van der Waals surface area (Å²) in [6.45, 7) is 3.06. The minimum absolute atomic E-state index is 0.146. The Morgan fingerprint density at radius 1 is 1.36 bits per heavy atom. The highest BCUT2D eigenvalue weighted by atomic mass is 16.5. The number of hydrogen-bond acceptors (Lipinski definition) is 6. The number of nitrogens with zero attached hydrogens (tertiary/aromatic N) is 6. The second kappa shape index (κ2) is 6.02. The van der Waals surface area contributed by atoms with E-state index in [1.807, 2.05) is 11.5 Å². The summed E-state index contributed by atoms with van der Waals surface area (Å²) in [5.74, 6) is 0.684. The maximum Gasteiger partial charge on any atom is 0.263 e. The summed E-state index contributed by atoms with van der Waals surface area (Å²) in [5.41, 5.74) is 0.483. The summed E-state index contributed by atoms with van der Waals surface area (Å²) in [6.07, 6.45) is 6.31. The molecule has 0 saturated carbocycles. The number of ether oxygens (including phenoxy) is 1. The van der Waals surface area contributed by atoms with Crippen molar-refractivity contribution < 1.29 is 4.74 Å². The molecule has 0 aliphatic carbocycles. The third-order valence-corrected chi connectivity index (χ3v) is 3.56. The van der Waals surface area contributed by atoms with Crippen LogP contribution in [0.25, 0.3) is 10.9 Å². The topological polar surface area (TPSA) is 87.7 Å². The average molecular weight is 300 g/mol. The molecule has 3 aromatic heterocycles. The number of hydrogen-bond donors (Lipinski definition) is 0. The molecule has 0 saturated heterocycles. The maximum absolute atomic E-state index is 12.6. The molecular formula is C14H16N6O2. The largest absolute Gasteiger partial charge is 0.383 e. The lowest BCUT2D eigenvalue weighted by Gasteiger charge is -2.15. The van der Waals surface area contributed by atoms with Crippen molar-refractivity contribution in [1.29, 1.82) is 0 Å². The van der Waals surface area contributed by atoms with Crippen molar-refractivity contribution in [2.45, 2.75) is 19.5 Å². The first-order chi connectivity index (χ1) is 10.7. The Bertz CT molecular complexity index is 840. The van der Waals surface area contributed by atoms with Crippen molar-refractivity contribution in [3.8, 4) is 0 Å². The van der Waals surface area contributed by atoms with Gasteiger partial charge in [-0.25, -0.2) is 4.98 Å². The van der Waals surface area contributed by atoms with Gasteiger partial charge in [0.25, 0.3) is 5.56 Å². The van der Waals surface area contributed by atoms with E-state index in [0.717, 1.165) is 0 Å². The summed E-state index contributed by atoms with van der Waals surface area (Å²) in [7, 11) is 1.64. The lowest BCUT2D eigenvalue weighted by Crippen LogP contribution is -2.26. The number of methoxy groups -OCH3 is 1. The molecule has 8 nitrogen and oxygen atoms in total. The Kier molecular flexibility index (Phi) is 3.92. The van der Waals surface area contributed by atoms with Gasteiger partial charge in [0.1, 0.15) is 6.33 Å². The van der Waals surface area contributed by atoms with E-state index in [-0.39, 0.29) is 11.6 Å². The van der Waals surface area contributed by atoms with Gasteiger partial charge >= 0.3 is 0 Å². The summed E-state index contributed by atoms with van der Waals surface area (Å²) in [4.78, 5) is 20.9. The van der Waals surface area contributed by atoms with E-state index in [4.69, 9.17) is 4.74 Å². The van der Waals surface area contributed by atoms with Crippen molar-refractivity contribution in [1.82, 2.24) is 29.3 Å². The van der Waals surface area contributed by atoms with E-state index in [1.165, 1.54) is 17.1 Å². The Balaban J connectivity index is 2.02. The molecular weight excluding hydrogens is 284 g/mol. The molecule has 0 radical (unpaired) electrons. The minimum Gasteiger partial charge on any atom is -0.383 e. The SMILES string of the molecule is COCCn1cnnc1[C@H](C)n1cnc2ccncc2c1=O. The standard InChI is InChI=1S/C14H16N6O2/c1-10(13-18-17-9-19(13)5-6-22-2)20-8-16-12-3-4-15-7-11(12)14(20)21/h3-4,7-10H,5-6H2,1-2H3/t10-/m0/s1. The monoisotopic (exact) mass is 300 g/mol. The van der Waals surface area contributed by atoms with Crippen molar-refractivity contribution in [3.05, 3.63) is 47.3 Å². The van der Waals surface area contributed by atoms with E-state index < -0.39 is 0 Å². The zero-order valence-electron chi connectivity index (χ0n) is 12.4. The molecule has 3 aromatic rings. The van der Waals surface area contributed by atoms with Crippen LogP contribution in [0.1, 0.15) is 18.8 Å². The van der Waals surface area contributed by atoms with Crippen LogP contribution in [0.5, 0.6) is 0 Å². The normalized spacial score (nSPS) is 12.6. The molecule has 22 heavy (non-hydrogen) atoms. The maximum atomic E-state index is 12.6. The molecule has 0 aliphatic heterocycles. The molecule has 0 fully saturated rings. The van der Waals surface area contributed by atoms with Gasteiger partial charge in [-0.05, 0) is 13.0 Å². The first kappa shape index (κ1) is 14.3. The van der Waals surface area contributed by atoms with E-state index in [0.29, 0.717) is 29.9 Å². The minimum atomic E-state index is -0.288. The first-order valence-electron chi connectivity index (χ1n) is 6.90. The number of pyridine rings is 1. The second-order valence-electron chi connectivity index (χ2n) is 4.90. The molecule has 1 atom stereocenters. The van der Waals surface area contributed by atoms with Crippen LogP contribution >= 0.6 is 0 Å². The molecule has 114 valence electrons. The van der Waals surface area contributed by atoms with Gasteiger partial charge in [0.15, 0.2) is 5.82 Å². The predicted octanol–water partition coefficient (Wildman–Crippen LogP) is 0.639. The van der Waals surface area contributed by atoms with Gasteiger partial charge in [0.2, 0.25) is 0 Å². The van der Waals surface area contributed by atoms with Crippen LogP contribution in [0.4, 0.5) is 0 Å². The van der Waals surface area contributed by atoms with E-state index in [1.54, 1.807) is 25.7 Å². The van der Waals surface area contributed by atoms with Gasteiger partial charge in [-0.3, -0.25) is 14.3 Å². The summed E-state index contributed by atoms with van der Waals surface area (Å²) < 4.78 is 8.48. The quantitative estimate of drug-likeness (QED) is 0.687. The molecule has 0 aromatic carbocycles. The highest BCUT2D eigenvalue weighted by molar-refractivity contribution is 5.75. The third kappa shape index (κ3) is 2.48. The number of aromatic nitrogens is 6. The Labute approximate surface area is 126 Å². The van der Waals surface area contributed by atoms with Crippen molar-refractivity contribution >= 4 is 10.9 Å². The van der Waals surface area contributed by atoms with Crippen LogP contribution in [0, 0.1) is 0 Å². The fourth-order valence-corrected chi connectivity index (χ4v) is 2.33. The zero-order valence-corrected chi connectivity index (χ0v) is 12.4. The molecule has 0 aliphatic rings. The highest BCUT2D eigenvalue weighted by Gasteiger charge is 2.17. The lowest BCUT2D eigenvalue weighted by molar-refractivity contribution is 0.185. The molecule has 0 unspecified atom stereocenters. The fourth-order valence-electron chi connectivity index (χ4n) is 2.33. The highest BCUT2D eigenvalue weighted by Crippen LogP contribution is 2.14. The molecule has 0 N–H and O–H groups in total. The Morgan fingerprint density at radius 2 is 2.23 bits per heavy atom. The van der Waals surface area contributed by atoms with Crippen LogP contribution in [-0.2, 0) is 11.3 Å². The van der Waals surface area contributed by atoms with E-state index in [9.17, 15) is 4.79 Å². The molecule has 3 heterocycles. The van der Waals surface area contributed by atoms with Crippen LogP contribution in [0.15, 0.2) is 35.9 Å². The molecule has 3 rings (SSSR count). The predicted molar refractivity (Wildman–Crippen MR) is 79.5 cm³/mol. The summed E-state index contributed by atoms with van der Waals surface area (Å²) in [5, 5.41) is 8.53. The van der Waals surface area contributed by atoms with E-state index >= 15 is 0 Å². The van der Waals surface area contributed by atoms with Crippen molar-refractivity contribution in [2.24, 2.45) is 0 Å². The van der Waals surface area contributed by atoms with Crippen LogP contribution in [0.3, 0.4) is 0 Å². The molecule has 0 amide bonds. The second-order valence-corrected chi connectivity index (χ2v) is 4.90. The van der Waals surface area contributed by atoms with Gasteiger partial charge in [-0.15, -0.1) is 10.2 Å². The smallest absolute Gasteiger partial charge is 0.263 e. The Hall–Kier alpha value is -2.61. The first-order valence-corrected chi connectivity index (χ1v) is 6.90. The summed E-state index contributed by atoms with van der Waals surface area (Å²) in [6, 6.07) is 1.43. The fraction of sp³-hybridized carbons (Fsp3) is 0.357. The van der Waals surface area contributed by atoms with E-state index in [2.05, 4.69) is 20.2 Å². The van der Waals surface area contributed by atoms with Crippen LogP contribution in [0.2, 0.25) is 0 Å². The van der Waals surface area contributed by atoms with Crippen LogP contribution < -0.4 is 5.56 Å². The van der Waals surface area contributed by atoms with Gasteiger partial charge in [-0.2, -0.15) is 0 Å². The number of rotatable bonds is 5. The third-order valence-electron chi connectivity index (χ3n) is 3.56. The Morgan fingerprint density at radius 3 is 3.05 bits per heavy atom. The zero-order chi connectivity index (χ0) is 15.5. The summed E-state index contributed by atoms with van der Waals surface area (Å²) >= 11 is 0. The van der Waals surface area contributed by atoms with Gasteiger partial charge in [0, 0.05) is 26.0 Å². The van der Waals surface area contributed by atoms with Crippen LogP contribution in [-0.4, -0.2) is 43.0 Å². The van der Waals surface area contributed by atoms with Gasteiger partial charge < -0.3 is 9.30 Å².